The summed E-state index contributed by atoms with van der Waals surface area (Å²) in [6, 6.07) is 12.3. The van der Waals surface area contributed by atoms with Gasteiger partial charge in [0.15, 0.2) is 0 Å². The fraction of sp³-hybridized carbons (Fsp3) is 0.357. The van der Waals surface area contributed by atoms with Gasteiger partial charge in [-0.15, -0.1) is 0 Å². The molecule has 0 atom stereocenters. The van der Waals surface area contributed by atoms with Gasteiger partial charge in [0.25, 0.3) is 0 Å². The average molecular weight is 231 g/mol. The Morgan fingerprint density at radius 1 is 1.12 bits per heavy atom. The van der Waals surface area contributed by atoms with Gasteiger partial charge in [-0.25, -0.2) is 0 Å². The van der Waals surface area contributed by atoms with Gasteiger partial charge in [-0.1, -0.05) is 44.2 Å². The number of hydrogen-bond donors (Lipinski definition) is 1. The van der Waals surface area contributed by atoms with Gasteiger partial charge >= 0.3 is 0 Å². The summed E-state index contributed by atoms with van der Waals surface area (Å²) in [6.45, 7) is 5.49. The summed E-state index contributed by atoms with van der Waals surface area (Å²) in [5, 5.41) is 4.29. The highest BCUT2D eigenvalue weighted by Crippen LogP contribution is 2.05. The minimum Gasteiger partial charge on any atom is -0.330 e. The van der Waals surface area contributed by atoms with Gasteiger partial charge in [0, 0.05) is 18.3 Å². The number of hydrogen-bond acceptors (Lipinski definition) is 2. The minimum absolute atomic E-state index is 0.667. The first kappa shape index (κ1) is 13.5. The monoisotopic (exact) mass is 231 g/mol. The van der Waals surface area contributed by atoms with Crippen molar-refractivity contribution in [2.75, 3.05) is 6.54 Å². The summed E-state index contributed by atoms with van der Waals surface area (Å²) in [5.41, 5.74) is 8.00. The molecule has 0 unspecified atom stereocenters. The number of rotatable bonds is 4. The third-order valence-corrected chi connectivity index (χ3v) is 2.38. The predicted molar refractivity (Wildman–Crippen MR) is 71.9 cm³/mol. The Morgan fingerprint density at radius 2 is 1.82 bits per heavy atom. The molecule has 0 radical (unpaired) electrons. The number of benzene rings is 1. The quantitative estimate of drug-likeness (QED) is 0.878. The van der Waals surface area contributed by atoms with Crippen molar-refractivity contribution in [2.45, 2.75) is 26.8 Å². The van der Waals surface area contributed by atoms with E-state index >= 15 is 0 Å². The molecule has 2 N–H and O–H groups in total. The maximum atomic E-state index is 5.54. The van der Waals surface area contributed by atoms with Gasteiger partial charge in [0.2, 0.25) is 0 Å². The Hall–Kier alpha value is -1.61. The Balaban J connectivity index is 0.000000686. The zero-order chi connectivity index (χ0) is 12.5. The van der Waals surface area contributed by atoms with Crippen molar-refractivity contribution in [1.82, 2.24) is 9.78 Å². The summed E-state index contributed by atoms with van der Waals surface area (Å²) >= 11 is 0. The summed E-state index contributed by atoms with van der Waals surface area (Å²) in [5.74, 6) is 0. The molecule has 0 bridgehead atoms. The Morgan fingerprint density at radius 3 is 2.47 bits per heavy atom. The van der Waals surface area contributed by atoms with Crippen LogP contribution in [0.3, 0.4) is 0 Å². The lowest BCUT2D eigenvalue weighted by Crippen LogP contribution is -2.10. The first-order valence-electron chi connectivity index (χ1n) is 6.15. The van der Waals surface area contributed by atoms with Crippen LogP contribution in [-0.4, -0.2) is 16.3 Å². The van der Waals surface area contributed by atoms with Gasteiger partial charge in [0.05, 0.1) is 6.54 Å². The molecule has 0 saturated carbocycles. The van der Waals surface area contributed by atoms with E-state index in [0.29, 0.717) is 6.54 Å². The van der Waals surface area contributed by atoms with Crippen LogP contribution in [0.25, 0.3) is 0 Å². The summed E-state index contributed by atoms with van der Waals surface area (Å²) in [4.78, 5) is 0. The number of nitrogens with zero attached hydrogens (tertiary/aromatic N) is 2. The van der Waals surface area contributed by atoms with E-state index in [2.05, 4.69) is 17.2 Å². The third kappa shape index (κ3) is 4.04. The van der Waals surface area contributed by atoms with E-state index in [-0.39, 0.29) is 0 Å². The summed E-state index contributed by atoms with van der Waals surface area (Å²) < 4.78 is 2.00. The maximum Gasteiger partial charge on any atom is 0.0662 e. The highest BCUT2D eigenvalue weighted by molar-refractivity contribution is 5.16. The summed E-state index contributed by atoms with van der Waals surface area (Å²) in [6.07, 6.45) is 2.71. The lowest BCUT2D eigenvalue weighted by molar-refractivity contribution is 0.643. The molecule has 3 heteroatoms. The van der Waals surface area contributed by atoms with Crippen molar-refractivity contribution in [3.63, 3.8) is 0 Å². The molecular formula is C14H21N3. The molecule has 2 rings (SSSR count). The van der Waals surface area contributed by atoms with Crippen LogP contribution in [0.1, 0.15) is 25.1 Å². The van der Waals surface area contributed by atoms with E-state index in [1.807, 2.05) is 49.0 Å². The van der Waals surface area contributed by atoms with Crippen LogP contribution < -0.4 is 5.73 Å². The molecular weight excluding hydrogens is 210 g/mol. The van der Waals surface area contributed by atoms with Crippen molar-refractivity contribution in [2.24, 2.45) is 5.73 Å². The minimum atomic E-state index is 0.667. The largest absolute Gasteiger partial charge is 0.330 e. The zero-order valence-corrected chi connectivity index (χ0v) is 10.6. The van der Waals surface area contributed by atoms with Crippen LogP contribution in [0.5, 0.6) is 0 Å². The van der Waals surface area contributed by atoms with Gasteiger partial charge in [-0.2, -0.15) is 5.10 Å². The van der Waals surface area contributed by atoms with Crippen LogP contribution in [0.2, 0.25) is 0 Å². The standard InChI is InChI=1S/C12H15N3.C2H6/c13-8-6-12-7-9-14-15(12)10-11-4-2-1-3-5-11;1-2/h1-5,7,9H,6,8,10,13H2;1-2H3. The van der Waals surface area contributed by atoms with Crippen LogP contribution in [-0.2, 0) is 13.0 Å². The molecule has 0 saturated heterocycles. The normalized spacial score (nSPS) is 9.59. The number of nitrogens with two attached hydrogens (primary N) is 1. The van der Waals surface area contributed by atoms with Gasteiger partial charge < -0.3 is 5.73 Å². The Bertz CT molecular complexity index is 406. The van der Waals surface area contributed by atoms with E-state index in [1.165, 1.54) is 11.3 Å². The molecule has 3 nitrogen and oxygen atoms in total. The van der Waals surface area contributed by atoms with Gasteiger partial charge in [-0.3, -0.25) is 4.68 Å². The molecule has 0 aliphatic carbocycles. The van der Waals surface area contributed by atoms with E-state index < -0.39 is 0 Å². The molecule has 0 spiro atoms. The Kier molecular flexibility index (Phi) is 6.04. The molecule has 0 aliphatic heterocycles. The molecule has 0 amide bonds. The van der Waals surface area contributed by atoms with Crippen LogP contribution in [0.4, 0.5) is 0 Å². The predicted octanol–water partition coefficient (Wildman–Crippen LogP) is 2.46. The lowest BCUT2D eigenvalue weighted by Gasteiger charge is -2.06. The first-order valence-corrected chi connectivity index (χ1v) is 6.15. The lowest BCUT2D eigenvalue weighted by atomic mass is 10.2. The van der Waals surface area contributed by atoms with E-state index in [0.717, 1.165) is 13.0 Å². The molecule has 0 fully saturated rings. The van der Waals surface area contributed by atoms with Crippen molar-refractivity contribution in [3.05, 3.63) is 53.9 Å². The topological polar surface area (TPSA) is 43.8 Å². The maximum absolute atomic E-state index is 5.54. The summed E-state index contributed by atoms with van der Waals surface area (Å²) in [7, 11) is 0. The van der Waals surface area contributed by atoms with Crippen molar-refractivity contribution >= 4 is 0 Å². The molecule has 1 aromatic heterocycles. The molecule has 0 aliphatic rings. The molecule has 1 aromatic carbocycles. The van der Waals surface area contributed by atoms with E-state index in [9.17, 15) is 0 Å². The molecule has 17 heavy (non-hydrogen) atoms. The highest BCUT2D eigenvalue weighted by atomic mass is 15.3. The SMILES string of the molecule is CC.NCCc1ccnn1Cc1ccccc1. The van der Waals surface area contributed by atoms with Gasteiger partial charge in [0.1, 0.15) is 0 Å². The van der Waals surface area contributed by atoms with Gasteiger partial charge in [-0.05, 0) is 18.2 Å². The second-order valence-corrected chi connectivity index (χ2v) is 3.50. The smallest absolute Gasteiger partial charge is 0.0662 e. The van der Waals surface area contributed by atoms with Crippen LogP contribution in [0.15, 0.2) is 42.6 Å². The second kappa shape index (κ2) is 7.63. The van der Waals surface area contributed by atoms with Crippen molar-refractivity contribution in [1.29, 1.82) is 0 Å². The van der Waals surface area contributed by atoms with Crippen molar-refractivity contribution in [3.8, 4) is 0 Å². The number of aromatic nitrogens is 2. The molecule has 1 heterocycles. The third-order valence-electron chi connectivity index (χ3n) is 2.38. The van der Waals surface area contributed by atoms with Crippen LogP contribution in [0, 0.1) is 0 Å². The fourth-order valence-electron chi connectivity index (χ4n) is 1.62. The second-order valence-electron chi connectivity index (χ2n) is 3.50. The highest BCUT2D eigenvalue weighted by Gasteiger charge is 2.01. The van der Waals surface area contributed by atoms with Crippen molar-refractivity contribution < 1.29 is 0 Å². The molecule has 2 aromatic rings. The fourth-order valence-corrected chi connectivity index (χ4v) is 1.62. The Labute approximate surface area is 103 Å². The molecule has 92 valence electrons. The first-order chi connectivity index (χ1) is 8.40. The average Bonchev–Trinajstić information content (AvgIpc) is 2.81. The van der Waals surface area contributed by atoms with E-state index in [1.54, 1.807) is 0 Å². The van der Waals surface area contributed by atoms with E-state index in [4.69, 9.17) is 5.73 Å². The van der Waals surface area contributed by atoms with Crippen LogP contribution >= 0.6 is 0 Å². The zero-order valence-electron chi connectivity index (χ0n) is 10.6.